The van der Waals surface area contributed by atoms with Crippen molar-refractivity contribution in [2.24, 2.45) is 0 Å². The fraction of sp³-hybridized carbons (Fsp3) is 0.529. The molecule has 4 heteroatoms. The van der Waals surface area contributed by atoms with E-state index in [9.17, 15) is 4.79 Å². The van der Waals surface area contributed by atoms with E-state index in [1.165, 1.54) is 6.42 Å². The molecule has 1 fully saturated rings. The van der Waals surface area contributed by atoms with Crippen LogP contribution in [0.25, 0.3) is 0 Å². The molecule has 0 spiro atoms. The maximum Gasteiger partial charge on any atom is 0.236 e. The van der Waals surface area contributed by atoms with Gasteiger partial charge in [-0.05, 0) is 50.9 Å². The molecule has 4 nitrogen and oxygen atoms in total. The summed E-state index contributed by atoms with van der Waals surface area (Å²) in [5.41, 5.74) is 1.73. The number of amides is 1. The van der Waals surface area contributed by atoms with Crippen LogP contribution in [0.5, 0.6) is 0 Å². The molecule has 0 bridgehead atoms. The number of benzene rings is 1. The van der Waals surface area contributed by atoms with Crippen LogP contribution in [0.15, 0.2) is 24.3 Å². The van der Waals surface area contributed by atoms with Crippen LogP contribution in [0.1, 0.15) is 37.3 Å². The van der Waals surface area contributed by atoms with Crippen LogP contribution < -0.4 is 0 Å². The maximum absolute atomic E-state index is 12.4. The Morgan fingerprint density at radius 2 is 2.29 bits per heavy atom. The van der Waals surface area contributed by atoms with Gasteiger partial charge in [0.25, 0.3) is 0 Å². The van der Waals surface area contributed by atoms with Crippen LogP contribution in [0, 0.1) is 11.3 Å². The van der Waals surface area contributed by atoms with Crippen molar-refractivity contribution >= 4 is 5.91 Å². The third-order valence-electron chi connectivity index (χ3n) is 4.04. The monoisotopic (exact) mass is 285 g/mol. The highest BCUT2D eigenvalue weighted by Crippen LogP contribution is 2.16. The van der Waals surface area contributed by atoms with E-state index in [1.54, 1.807) is 6.07 Å². The molecule has 2 rings (SSSR count). The topological polar surface area (TPSA) is 47.3 Å². The molecular weight excluding hydrogens is 262 g/mol. The van der Waals surface area contributed by atoms with Crippen molar-refractivity contribution in [3.8, 4) is 6.07 Å². The lowest BCUT2D eigenvalue weighted by molar-refractivity contribution is -0.135. The lowest BCUT2D eigenvalue weighted by Crippen LogP contribution is -2.46. The number of likely N-dealkylation sites (N-methyl/N-ethyl adjacent to an activating group) is 1. The number of nitrogens with zero attached hydrogens (tertiary/aromatic N) is 3. The fourth-order valence-electron chi connectivity index (χ4n) is 2.90. The van der Waals surface area contributed by atoms with Crippen molar-refractivity contribution < 1.29 is 4.79 Å². The van der Waals surface area contributed by atoms with Crippen molar-refractivity contribution in [3.05, 3.63) is 35.4 Å². The van der Waals surface area contributed by atoms with Gasteiger partial charge >= 0.3 is 0 Å². The lowest BCUT2D eigenvalue weighted by atomic mass is 10.0. The second-order valence-corrected chi connectivity index (χ2v) is 5.92. The van der Waals surface area contributed by atoms with Gasteiger partial charge in [-0.1, -0.05) is 12.1 Å². The molecule has 1 amide bonds. The number of likely N-dealkylation sites (tertiary alicyclic amines) is 1. The van der Waals surface area contributed by atoms with Crippen LogP contribution in [-0.4, -0.2) is 41.9 Å². The molecule has 1 atom stereocenters. The number of carbonyl (C=O) groups is 1. The SMILES string of the molecule is C[C@@H]1CCCCN1C(=O)CN(C)Cc1cccc(C#N)c1. The van der Waals surface area contributed by atoms with E-state index in [0.29, 0.717) is 24.7 Å². The Labute approximate surface area is 127 Å². The Kier molecular flexibility index (Phi) is 5.35. The highest BCUT2D eigenvalue weighted by atomic mass is 16.2. The minimum Gasteiger partial charge on any atom is -0.339 e. The highest BCUT2D eigenvalue weighted by Gasteiger charge is 2.23. The summed E-state index contributed by atoms with van der Waals surface area (Å²) in [7, 11) is 1.95. The maximum atomic E-state index is 12.4. The number of piperidine rings is 1. The number of rotatable bonds is 4. The molecule has 1 heterocycles. The molecule has 21 heavy (non-hydrogen) atoms. The molecule has 1 aliphatic rings. The normalized spacial score (nSPS) is 18.6. The molecule has 0 aliphatic carbocycles. The van der Waals surface area contributed by atoms with E-state index in [0.717, 1.165) is 24.9 Å². The summed E-state index contributed by atoms with van der Waals surface area (Å²) in [6.45, 7) is 4.13. The van der Waals surface area contributed by atoms with Crippen molar-refractivity contribution in [1.29, 1.82) is 5.26 Å². The lowest BCUT2D eigenvalue weighted by Gasteiger charge is -2.34. The van der Waals surface area contributed by atoms with E-state index in [4.69, 9.17) is 5.26 Å². The molecule has 1 aromatic carbocycles. The van der Waals surface area contributed by atoms with Crippen molar-refractivity contribution in [2.75, 3.05) is 20.1 Å². The van der Waals surface area contributed by atoms with E-state index in [1.807, 2.05) is 35.0 Å². The predicted octanol–water partition coefficient (Wildman–Crippen LogP) is 2.39. The second kappa shape index (κ2) is 7.24. The molecule has 0 N–H and O–H groups in total. The largest absolute Gasteiger partial charge is 0.339 e. The molecule has 1 aliphatic heterocycles. The van der Waals surface area contributed by atoms with Gasteiger partial charge in [-0.3, -0.25) is 9.69 Å². The van der Waals surface area contributed by atoms with E-state index in [-0.39, 0.29) is 5.91 Å². The van der Waals surface area contributed by atoms with E-state index in [2.05, 4.69) is 13.0 Å². The number of carbonyl (C=O) groups excluding carboxylic acids is 1. The van der Waals surface area contributed by atoms with Crippen LogP contribution in [0.2, 0.25) is 0 Å². The van der Waals surface area contributed by atoms with Gasteiger partial charge in [0, 0.05) is 19.1 Å². The molecule has 0 aromatic heterocycles. The summed E-state index contributed by atoms with van der Waals surface area (Å²) in [5.74, 6) is 0.209. The van der Waals surface area contributed by atoms with Gasteiger partial charge in [0.1, 0.15) is 0 Å². The van der Waals surface area contributed by atoms with Crippen LogP contribution in [-0.2, 0) is 11.3 Å². The molecule has 0 radical (unpaired) electrons. The third kappa shape index (κ3) is 4.30. The highest BCUT2D eigenvalue weighted by molar-refractivity contribution is 5.78. The summed E-state index contributed by atoms with van der Waals surface area (Å²) in [6.07, 6.45) is 3.45. The first-order chi connectivity index (χ1) is 10.1. The second-order valence-electron chi connectivity index (χ2n) is 5.92. The Morgan fingerprint density at radius 1 is 1.48 bits per heavy atom. The van der Waals surface area contributed by atoms with Crippen molar-refractivity contribution in [2.45, 2.75) is 38.8 Å². The van der Waals surface area contributed by atoms with Crippen LogP contribution >= 0.6 is 0 Å². The molecule has 1 aromatic rings. The zero-order valence-corrected chi connectivity index (χ0v) is 12.9. The van der Waals surface area contributed by atoms with Crippen molar-refractivity contribution in [1.82, 2.24) is 9.80 Å². The minimum absolute atomic E-state index is 0.209. The molecule has 0 saturated carbocycles. The average Bonchev–Trinajstić information content (AvgIpc) is 2.47. The average molecular weight is 285 g/mol. The van der Waals surface area contributed by atoms with Crippen LogP contribution in [0.3, 0.4) is 0 Å². The number of hydrogen-bond donors (Lipinski definition) is 0. The van der Waals surface area contributed by atoms with E-state index >= 15 is 0 Å². The first-order valence-electron chi connectivity index (χ1n) is 7.57. The Hall–Kier alpha value is -1.86. The summed E-state index contributed by atoms with van der Waals surface area (Å²) >= 11 is 0. The Balaban J connectivity index is 1.90. The van der Waals surface area contributed by atoms with Gasteiger partial charge < -0.3 is 4.90 Å². The summed E-state index contributed by atoms with van der Waals surface area (Å²) in [5, 5.41) is 8.92. The Morgan fingerprint density at radius 3 is 3.00 bits per heavy atom. The zero-order valence-electron chi connectivity index (χ0n) is 12.9. The fourth-order valence-corrected chi connectivity index (χ4v) is 2.90. The Bertz CT molecular complexity index is 535. The number of nitriles is 1. The van der Waals surface area contributed by atoms with Crippen LogP contribution in [0.4, 0.5) is 0 Å². The van der Waals surface area contributed by atoms with Gasteiger partial charge in [0.2, 0.25) is 5.91 Å². The van der Waals surface area contributed by atoms with Gasteiger partial charge in [0.15, 0.2) is 0 Å². The van der Waals surface area contributed by atoms with Gasteiger partial charge in [-0.25, -0.2) is 0 Å². The third-order valence-corrected chi connectivity index (χ3v) is 4.04. The zero-order chi connectivity index (χ0) is 15.2. The predicted molar refractivity (Wildman–Crippen MR) is 82.5 cm³/mol. The standard InChI is InChI=1S/C17H23N3O/c1-14-6-3-4-9-20(14)17(21)13-19(2)12-16-8-5-7-15(10-16)11-18/h5,7-8,10,14H,3-4,6,9,12-13H2,1-2H3/t14-/m1/s1. The van der Waals surface area contributed by atoms with Crippen molar-refractivity contribution in [3.63, 3.8) is 0 Å². The summed E-state index contributed by atoms with van der Waals surface area (Å²) in [6, 6.07) is 10.1. The number of hydrogen-bond acceptors (Lipinski definition) is 3. The molecular formula is C17H23N3O. The molecule has 1 saturated heterocycles. The molecule has 0 unspecified atom stereocenters. The summed E-state index contributed by atoms with van der Waals surface area (Å²) in [4.78, 5) is 16.4. The van der Waals surface area contributed by atoms with Gasteiger partial charge in [-0.15, -0.1) is 0 Å². The molecule has 112 valence electrons. The first-order valence-corrected chi connectivity index (χ1v) is 7.57. The van der Waals surface area contributed by atoms with Gasteiger partial charge in [0.05, 0.1) is 18.2 Å². The van der Waals surface area contributed by atoms with E-state index < -0.39 is 0 Å². The minimum atomic E-state index is 0.209. The first kappa shape index (κ1) is 15.5. The quantitative estimate of drug-likeness (QED) is 0.853. The smallest absolute Gasteiger partial charge is 0.236 e. The van der Waals surface area contributed by atoms with Gasteiger partial charge in [-0.2, -0.15) is 5.26 Å². The summed E-state index contributed by atoms with van der Waals surface area (Å²) < 4.78 is 0.